The third-order valence-corrected chi connectivity index (χ3v) is 4.45. The normalized spacial score (nSPS) is 14.8. The highest BCUT2D eigenvalue weighted by atomic mass is 19.2. The molecule has 5 nitrogen and oxygen atoms in total. The molecular weight excluding hydrogens is 352 g/mol. The van der Waals surface area contributed by atoms with E-state index in [-0.39, 0.29) is 18.4 Å². The number of amides is 2. The van der Waals surface area contributed by atoms with Gasteiger partial charge in [-0.2, -0.15) is 0 Å². The van der Waals surface area contributed by atoms with Crippen molar-refractivity contribution >= 4 is 6.03 Å². The molecule has 144 valence electrons. The van der Waals surface area contributed by atoms with E-state index in [1.807, 2.05) is 18.2 Å². The van der Waals surface area contributed by atoms with E-state index >= 15 is 0 Å². The first-order valence-corrected chi connectivity index (χ1v) is 8.99. The average Bonchev–Trinajstić information content (AvgIpc) is 2.69. The maximum atomic E-state index is 13.1. The number of hydrogen-bond donors (Lipinski definition) is 1. The summed E-state index contributed by atoms with van der Waals surface area (Å²) < 4.78 is 31.3. The molecule has 3 rings (SSSR count). The average molecular weight is 375 g/mol. The molecule has 0 atom stereocenters. The number of urea groups is 1. The Morgan fingerprint density at radius 3 is 2.44 bits per heavy atom. The molecule has 0 aliphatic carbocycles. The standard InChI is InChI=1S/C20H23F2N3O2/c21-18-7-6-17(14-19(18)22)27-13-8-23-20(26)25-11-9-24(10-12-25)15-16-4-2-1-3-5-16/h1-7,14H,8-13,15H2,(H,23,26). The van der Waals surface area contributed by atoms with Gasteiger partial charge in [-0.3, -0.25) is 4.90 Å². The van der Waals surface area contributed by atoms with Crippen molar-refractivity contribution in [1.29, 1.82) is 0 Å². The zero-order valence-corrected chi connectivity index (χ0v) is 15.0. The van der Waals surface area contributed by atoms with Crippen molar-refractivity contribution in [2.75, 3.05) is 39.3 Å². The number of hydrogen-bond acceptors (Lipinski definition) is 3. The predicted octanol–water partition coefficient (Wildman–Crippen LogP) is 2.87. The van der Waals surface area contributed by atoms with Gasteiger partial charge in [-0.1, -0.05) is 30.3 Å². The van der Waals surface area contributed by atoms with Crippen molar-refractivity contribution in [3.63, 3.8) is 0 Å². The van der Waals surface area contributed by atoms with E-state index in [2.05, 4.69) is 22.3 Å². The second-order valence-corrected chi connectivity index (χ2v) is 6.41. The maximum Gasteiger partial charge on any atom is 0.317 e. The number of nitrogens with zero attached hydrogens (tertiary/aromatic N) is 2. The van der Waals surface area contributed by atoms with E-state index < -0.39 is 11.6 Å². The van der Waals surface area contributed by atoms with Crippen LogP contribution in [-0.4, -0.2) is 55.2 Å². The monoisotopic (exact) mass is 375 g/mol. The fraction of sp³-hybridized carbons (Fsp3) is 0.350. The van der Waals surface area contributed by atoms with Gasteiger partial charge in [0.2, 0.25) is 0 Å². The van der Waals surface area contributed by atoms with Crippen LogP contribution in [0.25, 0.3) is 0 Å². The second-order valence-electron chi connectivity index (χ2n) is 6.41. The molecule has 0 saturated carbocycles. The number of ether oxygens (including phenoxy) is 1. The molecule has 1 heterocycles. The lowest BCUT2D eigenvalue weighted by Crippen LogP contribution is -2.51. The van der Waals surface area contributed by atoms with Crippen molar-refractivity contribution in [2.24, 2.45) is 0 Å². The van der Waals surface area contributed by atoms with Crippen LogP contribution in [0, 0.1) is 11.6 Å². The van der Waals surface area contributed by atoms with Gasteiger partial charge in [0.05, 0.1) is 6.54 Å². The lowest BCUT2D eigenvalue weighted by Gasteiger charge is -2.34. The van der Waals surface area contributed by atoms with Crippen LogP contribution in [-0.2, 0) is 6.54 Å². The number of halogens is 2. The van der Waals surface area contributed by atoms with Gasteiger partial charge in [0.1, 0.15) is 12.4 Å². The quantitative estimate of drug-likeness (QED) is 0.790. The zero-order chi connectivity index (χ0) is 19.1. The van der Waals surface area contributed by atoms with Crippen molar-refractivity contribution in [3.05, 3.63) is 65.7 Å². The van der Waals surface area contributed by atoms with Crippen molar-refractivity contribution < 1.29 is 18.3 Å². The molecule has 1 saturated heterocycles. The summed E-state index contributed by atoms with van der Waals surface area (Å²) in [7, 11) is 0. The number of piperazine rings is 1. The van der Waals surface area contributed by atoms with Crippen LogP contribution >= 0.6 is 0 Å². The minimum Gasteiger partial charge on any atom is -0.492 e. The van der Waals surface area contributed by atoms with Gasteiger partial charge >= 0.3 is 6.03 Å². The fourth-order valence-corrected chi connectivity index (χ4v) is 2.96. The molecular formula is C20H23F2N3O2. The van der Waals surface area contributed by atoms with Crippen LogP contribution in [0.3, 0.4) is 0 Å². The number of nitrogens with one attached hydrogen (secondary N) is 1. The molecule has 0 unspecified atom stereocenters. The van der Waals surface area contributed by atoms with Gasteiger partial charge in [-0.25, -0.2) is 13.6 Å². The van der Waals surface area contributed by atoms with Gasteiger partial charge in [0.15, 0.2) is 11.6 Å². The first-order valence-electron chi connectivity index (χ1n) is 8.99. The SMILES string of the molecule is O=C(NCCOc1ccc(F)c(F)c1)N1CCN(Cc2ccccc2)CC1. The Bertz CT molecular complexity index is 750. The highest BCUT2D eigenvalue weighted by Crippen LogP contribution is 2.15. The number of carbonyl (C=O) groups excluding carboxylic acids is 1. The number of benzene rings is 2. The fourth-order valence-electron chi connectivity index (χ4n) is 2.96. The van der Waals surface area contributed by atoms with Crippen LogP contribution in [0.1, 0.15) is 5.56 Å². The summed E-state index contributed by atoms with van der Waals surface area (Å²) >= 11 is 0. The Kier molecular flexibility index (Phi) is 6.59. The van der Waals surface area contributed by atoms with Gasteiger partial charge in [-0.15, -0.1) is 0 Å². The molecule has 27 heavy (non-hydrogen) atoms. The molecule has 0 aromatic heterocycles. The van der Waals surface area contributed by atoms with Gasteiger partial charge in [0.25, 0.3) is 0 Å². The summed E-state index contributed by atoms with van der Waals surface area (Å²) in [5, 5.41) is 2.79. The molecule has 0 bridgehead atoms. The largest absolute Gasteiger partial charge is 0.492 e. The van der Waals surface area contributed by atoms with E-state index in [1.54, 1.807) is 4.90 Å². The van der Waals surface area contributed by atoms with Crippen LogP contribution in [0.4, 0.5) is 13.6 Å². The van der Waals surface area contributed by atoms with E-state index in [1.165, 1.54) is 11.6 Å². The van der Waals surface area contributed by atoms with Crippen molar-refractivity contribution in [2.45, 2.75) is 6.54 Å². The van der Waals surface area contributed by atoms with Crippen LogP contribution < -0.4 is 10.1 Å². The van der Waals surface area contributed by atoms with E-state index in [0.29, 0.717) is 19.6 Å². The summed E-state index contributed by atoms with van der Waals surface area (Å²) in [5.41, 5.74) is 1.27. The highest BCUT2D eigenvalue weighted by molar-refractivity contribution is 5.74. The predicted molar refractivity (Wildman–Crippen MR) is 98.5 cm³/mol. The molecule has 2 aromatic carbocycles. The number of carbonyl (C=O) groups is 1. The minimum atomic E-state index is -0.954. The van der Waals surface area contributed by atoms with Crippen molar-refractivity contribution in [1.82, 2.24) is 15.1 Å². The molecule has 0 spiro atoms. The van der Waals surface area contributed by atoms with E-state index in [4.69, 9.17) is 4.74 Å². The molecule has 1 N–H and O–H groups in total. The summed E-state index contributed by atoms with van der Waals surface area (Å²) in [4.78, 5) is 16.3. The van der Waals surface area contributed by atoms with Crippen molar-refractivity contribution in [3.8, 4) is 5.75 Å². The van der Waals surface area contributed by atoms with E-state index in [9.17, 15) is 13.6 Å². The van der Waals surface area contributed by atoms with Crippen LogP contribution in [0.5, 0.6) is 5.75 Å². The van der Waals surface area contributed by atoms with Crippen LogP contribution in [0.15, 0.2) is 48.5 Å². The third kappa shape index (κ3) is 5.65. The molecule has 1 fully saturated rings. The lowest BCUT2D eigenvalue weighted by atomic mass is 10.2. The maximum absolute atomic E-state index is 13.1. The first kappa shape index (κ1) is 19.1. The summed E-state index contributed by atoms with van der Waals surface area (Å²) in [6, 6.07) is 13.5. The van der Waals surface area contributed by atoms with E-state index in [0.717, 1.165) is 31.8 Å². The Labute approximate surface area is 157 Å². The smallest absolute Gasteiger partial charge is 0.317 e. The highest BCUT2D eigenvalue weighted by Gasteiger charge is 2.20. The van der Waals surface area contributed by atoms with Crippen LogP contribution in [0.2, 0.25) is 0 Å². The lowest BCUT2D eigenvalue weighted by molar-refractivity contribution is 0.134. The molecule has 0 radical (unpaired) electrons. The first-order chi connectivity index (χ1) is 13.1. The Morgan fingerprint density at radius 2 is 1.74 bits per heavy atom. The Balaban J connectivity index is 1.34. The topological polar surface area (TPSA) is 44.8 Å². The number of rotatable bonds is 6. The second kappa shape index (κ2) is 9.32. The Hall–Kier alpha value is -2.67. The van der Waals surface area contributed by atoms with Gasteiger partial charge < -0.3 is 15.0 Å². The summed E-state index contributed by atoms with van der Waals surface area (Å²) in [6.45, 7) is 4.36. The minimum absolute atomic E-state index is 0.136. The summed E-state index contributed by atoms with van der Waals surface area (Å²) in [5.74, 6) is -1.63. The molecule has 2 amide bonds. The molecule has 1 aliphatic heterocycles. The third-order valence-electron chi connectivity index (χ3n) is 4.45. The summed E-state index contributed by atoms with van der Waals surface area (Å²) in [6.07, 6.45) is 0. The van der Waals surface area contributed by atoms with Gasteiger partial charge in [0, 0.05) is 38.8 Å². The molecule has 1 aliphatic rings. The molecule has 2 aromatic rings. The Morgan fingerprint density at radius 1 is 1.00 bits per heavy atom. The van der Waals surface area contributed by atoms with Gasteiger partial charge in [-0.05, 0) is 17.7 Å². The zero-order valence-electron chi connectivity index (χ0n) is 15.0. The molecule has 7 heteroatoms.